The number of imidazole rings is 2. The Labute approximate surface area is 147 Å². The molecule has 0 saturated carbocycles. The molecule has 4 rings (SSSR count). The third kappa shape index (κ3) is 3.04. The molecule has 0 unspecified atom stereocenters. The highest BCUT2D eigenvalue weighted by Crippen LogP contribution is 2.22. The van der Waals surface area contributed by atoms with E-state index in [-0.39, 0.29) is 0 Å². The Hall–Kier alpha value is -2.62. The predicted octanol–water partition coefficient (Wildman–Crippen LogP) is 5.28. The van der Waals surface area contributed by atoms with E-state index in [9.17, 15) is 0 Å². The molecule has 0 radical (unpaired) electrons. The molecule has 2 aromatic heterocycles. The SMILES string of the molecule is CC(C)c1nc2ccc(Cc3ccc4nc(C(C)C)[nH]c4c3)cc2[nH]1. The molecule has 2 N–H and O–H groups in total. The molecular weight excluding hydrogens is 308 g/mol. The van der Waals surface area contributed by atoms with Gasteiger partial charge >= 0.3 is 0 Å². The summed E-state index contributed by atoms with van der Waals surface area (Å²) in [7, 11) is 0. The van der Waals surface area contributed by atoms with Crippen LogP contribution in [0.4, 0.5) is 0 Å². The molecule has 2 aromatic carbocycles. The van der Waals surface area contributed by atoms with Gasteiger partial charge < -0.3 is 9.97 Å². The van der Waals surface area contributed by atoms with Crippen LogP contribution in [0.15, 0.2) is 36.4 Å². The molecule has 0 amide bonds. The molecule has 4 aromatic rings. The van der Waals surface area contributed by atoms with Gasteiger partial charge in [-0.05, 0) is 41.8 Å². The number of H-pyrrole nitrogens is 2. The third-order valence-electron chi connectivity index (χ3n) is 4.63. The first-order valence-electron chi connectivity index (χ1n) is 8.96. The van der Waals surface area contributed by atoms with Crippen LogP contribution in [0.1, 0.15) is 62.3 Å². The molecule has 0 saturated heterocycles. The number of nitrogens with zero attached hydrogens (tertiary/aromatic N) is 2. The standard InChI is InChI=1S/C21H24N4/c1-12(2)20-22-16-7-5-14(10-18(16)24-20)9-15-6-8-17-19(11-15)25-21(23-17)13(3)4/h5-8,10-13H,9H2,1-4H3,(H,22,24)(H,23,25). The Kier molecular flexibility index (Phi) is 3.83. The zero-order chi connectivity index (χ0) is 17.6. The zero-order valence-corrected chi connectivity index (χ0v) is 15.2. The normalized spacial score (nSPS) is 12.1. The lowest BCUT2D eigenvalue weighted by atomic mass is 10.0. The molecular formula is C21H24N4. The first kappa shape index (κ1) is 15.9. The first-order chi connectivity index (χ1) is 12.0. The highest BCUT2D eigenvalue weighted by molar-refractivity contribution is 5.77. The van der Waals surface area contributed by atoms with Gasteiger partial charge in [-0.2, -0.15) is 0 Å². The number of nitrogens with one attached hydrogen (secondary N) is 2. The average Bonchev–Trinajstić information content (AvgIpc) is 3.17. The van der Waals surface area contributed by atoms with Crippen LogP contribution < -0.4 is 0 Å². The zero-order valence-electron chi connectivity index (χ0n) is 15.2. The molecule has 0 spiro atoms. The second-order valence-electron chi connectivity index (χ2n) is 7.43. The van der Waals surface area contributed by atoms with E-state index in [2.05, 4.69) is 84.0 Å². The maximum absolute atomic E-state index is 4.65. The van der Waals surface area contributed by atoms with E-state index in [0.29, 0.717) is 11.8 Å². The van der Waals surface area contributed by atoms with Crippen molar-refractivity contribution in [2.75, 3.05) is 0 Å². The Morgan fingerprint density at radius 3 is 1.56 bits per heavy atom. The van der Waals surface area contributed by atoms with E-state index in [1.807, 2.05) is 0 Å². The van der Waals surface area contributed by atoms with Crippen LogP contribution in [0.2, 0.25) is 0 Å². The lowest BCUT2D eigenvalue weighted by Gasteiger charge is -2.02. The van der Waals surface area contributed by atoms with Crippen molar-refractivity contribution in [1.29, 1.82) is 0 Å². The summed E-state index contributed by atoms with van der Waals surface area (Å²) in [5.41, 5.74) is 6.89. The van der Waals surface area contributed by atoms with Crippen molar-refractivity contribution < 1.29 is 0 Å². The molecule has 0 aliphatic carbocycles. The Morgan fingerprint density at radius 1 is 0.720 bits per heavy atom. The van der Waals surface area contributed by atoms with Gasteiger partial charge in [-0.25, -0.2) is 9.97 Å². The lowest BCUT2D eigenvalue weighted by Crippen LogP contribution is -1.89. The van der Waals surface area contributed by atoms with Gasteiger partial charge in [0.1, 0.15) is 11.6 Å². The van der Waals surface area contributed by atoms with Gasteiger partial charge in [0, 0.05) is 11.8 Å². The Morgan fingerprint density at radius 2 is 1.16 bits per heavy atom. The van der Waals surface area contributed by atoms with E-state index < -0.39 is 0 Å². The van der Waals surface area contributed by atoms with Crippen molar-refractivity contribution in [2.24, 2.45) is 0 Å². The summed E-state index contributed by atoms with van der Waals surface area (Å²) in [6, 6.07) is 13.0. The van der Waals surface area contributed by atoms with Gasteiger partial charge in [0.15, 0.2) is 0 Å². The molecule has 4 heteroatoms. The number of benzene rings is 2. The van der Waals surface area contributed by atoms with Crippen LogP contribution in [0.25, 0.3) is 22.1 Å². The number of hydrogen-bond donors (Lipinski definition) is 2. The topological polar surface area (TPSA) is 57.4 Å². The van der Waals surface area contributed by atoms with Crippen molar-refractivity contribution in [3.05, 3.63) is 59.2 Å². The van der Waals surface area contributed by atoms with Crippen LogP contribution in [-0.2, 0) is 6.42 Å². The molecule has 0 fully saturated rings. The lowest BCUT2D eigenvalue weighted by molar-refractivity contribution is 0.799. The summed E-state index contributed by atoms with van der Waals surface area (Å²) in [5, 5.41) is 0. The minimum atomic E-state index is 0.411. The second kappa shape index (κ2) is 6.03. The molecule has 128 valence electrons. The van der Waals surface area contributed by atoms with E-state index in [0.717, 1.165) is 40.1 Å². The van der Waals surface area contributed by atoms with Crippen LogP contribution in [-0.4, -0.2) is 19.9 Å². The van der Waals surface area contributed by atoms with E-state index in [4.69, 9.17) is 0 Å². The predicted molar refractivity (Wildman–Crippen MR) is 103 cm³/mol. The quantitative estimate of drug-likeness (QED) is 0.534. The minimum absolute atomic E-state index is 0.411. The fourth-order valence-electron chi connectivity index (χ4n) is 3.16. The summed E-state index contributed by atoms with van der Waals surface area (Å²) < 4.78 is 0. The molecule has 25 heavy (non-hydrogen) atoms. The van der Waals surface area contributed by atoms with Crippen molar-refractivity contribution in [3.8, 4) is 0 Å². The van der Waals surface area contributed by atoms with Gasteiger partial charge in [0.05, 0.1) is 22.1 Å². The third-order valence-corrected chi connectivity index (χ3v) is 4.63. The van der Waals surface area contributed by atoms with Crippen molar-refractivity contribution >= 4 is 22.1 Å². The summed E-state index contributed by atoms with van der Waals surface area (Å²) in [6.45, 7) is 8.63. The maximum atomic E-state index is 4.65. The maximum Gasteiger partial charge on any atom is 0.109 e. The molecule has 2 heterocycles. The largest absolute Gasteiger partial charge is 0.342 e. The van der Waals surface area contributed by atoms with Crippen molar-refractivity contribution in [1.82, 2.24) is 19.9 Å². The van der Waals surface area contributed by atoms with Crippen LogP contribution in [0, 0.1) is 0 Å². The van der Waals surface area contributed by atoms with Crippen LogP contribution in [0.3, 0.4) is 0 Å². The van der Waals surface area contributed by atoms with Crippen molar-refractivity contribution in [3.63, 3.8) is 0 Å². The highest BCUT2D eigenvalue weighted by Gasteiger charge is 2.09. The van der Waals surface area contributed by atoms with Crippen LogP contribution in [0.5, 0.6) is 0 Å². The van der Waals surface area contributed by atoms with E-state index >= 15 is 0 Å². The fraction of sp³-hybridized carbons (Fsp3) is 0.333. The minimum Gasteiger partial charge on any atom is -0.342 e. The average molecular weight is 332 g/mol. The van der Waals surface area contributed by atoms with Gasteiger partial charge in [-0.15, -0.1) is 0 Å². The second-order valence-corrected chi connectivity index (χ2v) is 7.43. The number of aromatic nitrogens is 4. The molecule has 0 atom stereocenters. The Balaban J connectivity index is 1.64. The van der Waals surface area contributed by atoms with Gasteiger partial charge in [0.25, 0.3) is 0 Å². The smallest absolute Gasteiger partial charge is 0.109 e. The summed E-state index contributed by atoms with van der Waals surface area (Å²) in [6.07, 6.45) is 0.901. The number of fused-ring (bicyclic) bond motifs is 2. The monoisotopic (exact) mass is 332 g/mol. The first-order valence-corrected chi connectivity index (χ1v) is 8.96. The molecule has 0 aliphatic rings. The molecule has 0 bridgehead atoms. The van der Waals surface area contributed by atoms with Crippen LogP contribution >= 0.6 is 0 Å². The van der Waals surface area contributed by atoms with Gasteiger partial charge in [-0.1, -0.05) is 39.8 Å². The van der Waals surface area contributed by atoms with E-state index in [1.54, 1.807) is 0 Å². The Bertz CT molecular complexity index is 953. The summed E-state index contributed by atoms with van der Waals surface area (Å²) in [5.74, 6) is 2.92. The number of hydrogen-bond acceptors (Lipinski definition) is 2. The van der Waals surface area contributed by atoms with Gasteiger partial charge in [-0.3, -0.25) is 0 Å². The summed E-state index contributed by atoms with van der Waals surface area (Å²) in [4.78, 5) is 16.2. The number of aromatic amines is 2. The summed E-state index contributed by atoms with van der Waals surface area (Å²) >= 11 is 0. The highest BCUT2D eigenvalue weighted by atomic mass is 14.9. The molecule has 4 nitrogen and oxygen atoms in total. The van der Waals surface area contributed by atoms with E-state index in [1.165, 1.54) is 11.1 Å². The van der Waals surface area contributed by atoms with Gasteiger partial charge in [0.2, 0.25) is 0 Å². The van der Waals surface area contributed by atoms with Crippen molar-refractivity contribution in [2.45, 2.75) is 46.0 Å². The number of rotatable bonds is 4. The fourth-order valence-corrected chi connectivity index (χ4v) is 3.16. The molecule has 0 aliphatic heterocycles.